The number of esters is 2. The van der Waals surface area contributed by atoms with Crippen LogP contribution in [0.1, 0.15) is 177 Å². The average Bonchev–Trinajstić information content (AvgIpc) is 0.855. The first-order valence-corrected chi connectivity index (χ1v) is 31.2. The number of hydrogen-bond donors (Lipinski definition) is 9. The van der Waals surface area contributed by atoms with Crippen molar-refractivity contribution in [1.82, 2.24) is 37.2 Å². The summed E-state index contributed by atoms with van der Waals surface area (Å²) < 4.78 is 50.5. The van der Waals surface area contributed by atoms with Crippen molar-refractivity contribution in [3.8, 4) is 0 Å². The Balaban J connectivity index is 0. The molecule has 5 amide bonds. The Bertz CT molecular complexity index is 2440. The summed E-state index contributed by atoms with van der Waals surface area (Å²) in [4.78, 5) is 104. The maximum absolute atomic E-state index is 12.5. The molecule has 0 aliphatic heterocycles. The highest BCUT2D eigenvalue weighted by Gasteiger charge is 2.41. The zero-order valence-corrected chi connectivity index (χ0v) is 56.1. The molecule has 0 fully saturated rings. The molecule has 0 saturated heterocycles. The standard InChI is InChI=1S/C23H39N3O6.C21H35N3O6.C16H28N2O4.HO4P.H2/c1-9-17(10-2)31-19-13-16(21(28)30-11-3)12-18(20(19)26-15(5)27)24-14(4)25-22(29)32-23(6,7)8;1-8-15(9-2)29-17-11-14(19(26)27)10-16(18(17)24-13(4)25)22-12(3)23-20(28)30-21(5,6)7;1-5-12(6-2)22-14-9-11(16(20)21-7-3)8-13(17)15(14)18-10(4)19;1-4-5(2)3;/h13,17-20,24H,4,9-12H2,1-3,5-8H3,(H,25,29)(H,26,27);11,15-18,22H,3,8-10H2,1-2,4-7H3,(H,23,28)(H,24,25)(H,26,27);9,12-15H,5-8,17H2,1-4H3,(H,18,19);1H;1H/t18-,19+,20+;16-,17+,18+;13-,14+,15+;;/m000../s1. The fourth-order valence-electron chi connectivity index (χ4n) is 9.29. The molecule has 0 bridgehead atoms. The molecule has 28 nitrogen and oxygen atoms in total. The van der Waals surface area contributed by atoms with E-state index in [1.54, 1.807) is 73.6 Å². The van der Waals surface area contributed by atoms with E-state index in [1.165, 1.54) is 20.8 Å². The number of rotatable bonds is 27. The van der Waals surface area contributed by atoms with Gasteiger partial charge >= 0.3 is 38.3 Å². The summed E-state index contributed by atoms with van der Waals surface area (Å²) in [6.07, 6.45) is 7.77. The topological polar surface area (TPSA) is 406 Å². The maximum atomic E-state index is 12.5. The Labute approximate surface area is 527 Å². The van der Waals surface area contributed by atoms with E-state index < -0.39 is 80.0 Å². The number of ether oxygens (including phenoxy) is 7. The minimum Gasteiger partial charge on any atom is -0.674 e. The van der Waals surface area contributed by atoms with Crippen molar-refractivity contribution in [2.45, 2.75) is 260 Å². The van der Waals surface area contributed by atoms with Crippen molar-refractivity contribution in [2.75, 3.05) is 13.2 Å². The van der Waals surface area contributed by atoms with Gasteiger partial charge < -0.3 is 80.7 Å². The van der Waals surface area contributed by atoms with Crippen LogP contribution in [0.15, 0.2) is 59.7 Å². The first-order chi connectivity index (χ1) is 41.4. The number of quaternary nitrogens is 1. The molecular weight excluding hydrogens is 1180 g/mol. The molecule has 89 heavy (non-hydrogen) atoms. The number of alkyl carbamates (subject to hydrolysis) is 2. The molecule has 0 saturated carbocycles. The minimum absolute atomic E-state index is 0. The Morgan fingerprint density at radius 2 is 0.865 bits per heavy atom. The molecule has 3 rings (SSSR count). The van der Waals surface area contributed by atoms with Gasteiger partial charge in [0.1, 0.15) is 41.0 Å². The van der Waals surface area contributed by atoms with Crippen LogP contribution in [-0.4, -0.2) is 150 Å². The van der Waals surface area contributed by atoms with Crippen LogP contribution < -0.4 is 53.1 Å². The highest BCUT2D eigenvalue weighted by molar-refractivity contribution is 7.30. The van der Waals surface area contributed by atoms with E-state index in [4.69, 9.17) is 47.9 Å². The quantitative estimate of drug-likeness (QED) is 0.0180. The van der Waals surface area contributed by atoms with Gasteiger partial charge in [0.2, 0.25) is 17.7 Å². The molecule has 0 heterocycles. The van der Waals surface area contributed by atoms with Crippen molar-refractivity contribution in [2.24, 2.45) is 0 Å². The van der Waals surface area contributed by atoms with E-state index in [0.717, 1.165) is 38.5 Å². The molecule has 0 aromatic carbocycles. The largest absolute Gasteiger partial charge is 0.674 e. The SMILES string of the molecule is C=C(NC(=O)OC(C)(C)C)N[C@H]1CC(C(=O)O)=C[C@@H](OC(CC)CC)[C@@H]1NC(C)=O.C=C(NC(=O)OC(C)(C)C)N[C@H]1CC(C(=O)OCC)=C[C@@H](OC(CC)CC)[C@@H]1NC(C)=O.CCOC(=O)C1=C[C@@H](OC(CC)CC)[C@H](NC(C)=O)[C@@H]([NH3+])C1.O=[P+]([O-])O[O-].[HH]. The number of carboxylic acids is 1. The molecule has 1 unspecified atom stereocenters. The van der Waals surface area contributed by atoms with Gasteiger partial charge in [-0.15, -0.1) is 0 Å². The third-order valence-electron chi connectivity index (χ3n) is 13.2. The molecule has 11 N–H and O–H groups in total. The second-order valence-corrected chi connectivity index (χ2v) is 23.6. The van der Waals surface area contributed by atoms with Crippen LogP contribution in [0.25, 0.3) is 0 Å². The summed E-state index contributed by atoms with van der Waals surface area (Å²) in [5.74, 6) is -2.14. The van der Waals surface area contributed by atoms with Gasteiger partial charge in [-0.2, -0.15) is 0 Å². The van der Waals surface area contributed by atoms with Crippen LogP contribution in [0.3, 0.4) is 0 Å². The second kappa shape index (κ2) is 41.7. The molecule has 3 aliphatic rings. The van der Waals surface area contributed by atoms with Gasteiger partial charge in [0.25, 0.3) is 0 Å². The summed E-state index contributed by atoms with van der Waals surface area (Å²) in [6, 6.07) is -2.45. The lowest BCUT2D eigenvalue weighted by atomic mass is 9.87. The van der Waals surface area contributed by atoms with E-state index in [2.05, 4.69) is 74.6 Å². The molecular formula is C60H105N8O20P. The van der Waals surface area contributed by atoms with Crippen LogP contribution >= 0.6 is 8.25 Å². The molecule has 0 radical (unpaired) electrons. The van der Waals surface area contributed by atoms with E-state index >= 15 is 0 Å². The summed E-state index contributed by atoms with van der Waals surface area (Å²) in [5, 5.41) is 37.9. The molecule has 29 heteroatoms. The Hall–Kier alpha value is -6.52. The first-order valence-electron chi connectivity index (χ1n) is 30.1. The normalized spacial score (nSPS) is 21.4. The summed E-state index contributed by atoms with van der Waals surface area (Å²) in [7, 11) is -3.15. The van der Waals surface area contributed by atoms with Gasteiger partial charge in [-0.05, 0) is 117 Å². The highest BCUT2D eigenvalue weighted by atomic mass is 31.1. The fraction of sp³-hybridized carbons (Fsp3) is 0.700. The monoisotopic (exact) mass is 1290 g/mol. The van der Waals surface area contributed by atoms with E-state index in [0.29, 0.717) is 24.2 Å². The Morgan fingerprint density at radius 3 is 1.15 bits per heavy atom. The minimum atomic E-state index is -3.15. The van der Waals surface area contributed by atoms with E-state index in [1.807, 2.05) is 27.7 Å². The highest BCUT2D eigenvalue weighted by Crippen LogP contribution is 2.28. The van der Waals surface area contributed by atoms with Crippen LogP contribution in [-0.2, 0) is 71.2 Å². The number of aliphatic carboxylic acids is 1. The molecule has 0 aromatic heterocycles. The Kier molecular flexibility index (Phi) is 38.7. The molecule has 10 atom stereocenters. The lowest BCUT2D eigenvalue weighted by molar-refractivity contribution is -0.644. The van der Waals surface area contributed by atoms with Crippen molar-refractivity contribution >= 4 is 56.1 Å². The van der Waals surface area contributed by atoms with Crippen LogP contribution in [0.4, 0.5) is 9.59 Å². The smallest absolute Gasteiger partial charge is 0.479 e. The third kappa shape index (κ3) is 33.8. The molecule has 0 aromatic rings. The molecule has 510 valence electrons. The van der Waals surface area contributed by atoms with E-state index in [9.17, 15) is 43.5 Å². The summed E-state index contributed by atoms with van der Waals surface area (Å²) in [5.41, 5.74) is 3.93. The summed E-state index contributed by atoms with van der Waals surface area (Å²) >= 11 is 0. The van der Waals surface area contributed by atoms with Crippen LogP contribution in [0, 0.1) is 0 Å². The number of carbonyl (C=O) groups is 8. The van der Waals surface area contributed by atoms with Crippen molar-refractivity contribution in [3.63, 3.8) is 0 Å². The molecule has 0 spiro atoms. The van der Waals surface area contributed by atoms with Gasteiger partial charge in [0.05, 0.1) is 67.9 Å². The number of carbonyl (C=O) groups excluding carboxylic acids is 7. The van der Waals surface area contributed by atoms with Crippen molar-refractivity contribution < 1.29 is 103 Å². The van der Waals surface area contributed by atoms with Gasteiger partial charge in [0.15, 0.2) is 0 Å². The van der Waals surface area contributed by atoms with Gasteiger partial charge in [-0.3, -0.25) is 25.0 Å². The van der Waals surface area contributed by atoms with Crippen LogP contribution in [0.2, 0.25) is 0 Å². The average molecular weight is 1290 g/mol. The number of hydrogen-bond acceptors (Lipinski definition) is 21. The predicted octanol–water partition coefficient (Wildman–Crippen LogP) is 4.46. The number of amides is 5. The van der Waals surface area contributed by atoms with Crippen molar-refractivity contribution in [3.05, 3.63) is 59.7 Å². The van der Waals surface area contributed by atoms with Crippen molar-refractivity contribution in [1.29, 1.82) is 0 Å². The Morgan fingerprint density at radius 1 is 0.573 bits per heavy atom. The van der Waals surface area contributed by atoms with Gasteiger partial charge in [0, 0.05) is 58.2 Å². The maximum Gasteiger partial charge on any atom is 0.479 e. The second-order valence-electron chi connectivity index (χ2n) is 23.0. The third-order valence-corrected chi connectivity index (χ3v) is 13.3. The lowest BCUT2D eigenvalue weighted by Crippen LogP contribution is -2.73. The lowest BCUT2D eigenvalue weighted by Gasteiger charge is -2.39. The molecule has 3 aliphatic carbocycles. The zero-order valence-electron chi connectivity index (χ0n) is 55.2. The van der Waals surface area contributed by atoms with E-state index in [-0.39, 0.29) is 98.3 Å². The fourth-order valence-corrected chi connectivity index (χ4v) is 9.29. The van der Waals surface area contributed by atoms with Gasteiger partial charge in [-0.25, -0.2) is 28.6 Å². The number of nitrogens with one attached hydrogen (secondary N) is 7. The van der Waals surface area contributed by atoms with Gasteiger partial charge in [-0.1, -0.05) is 54.7 Å². The van der Waals surface area contributed by atoms with Crippen LogP contribution in [0.5, 0.6) is 0 Å². The predicted molar refractivity (Wildman–Crippen MR) is 328 cm³/mol. The summed E-state index contributed by atoms with van der Waals surface area (Å²) in [6.45, 7) is 38.6. The number of carboxylic acid groups (broad SMARTS) is 1. The first kappa shape index (κ1) is 82.5. The zero-order chi connectivity index (χ0) is 68.5.